The van der Waals surface area contributed by atoms with Crippen LogP contribution in [0.25, 0.3) is 0 Å². The summed E-state index contributed by atoms with van der Waals surface area (Å²) in [6, 6.07) is 8.35. The predicted octanol–water partition coefficient (Wildman–Crippen LogP) is 3.66. The number of carbonyl (C=O) groups excluding carboxylic acids is 1. The fraction of sp³-hybridized carbons (Fsp3) is 0.143. The molecule has 1 aromatic carbocycles. The first-order valence-corrected chi connectivity index (χ1v) is 7.36. The van der Waals surface area contributed by atoms with Crippen molar-refractivity contribution in [3.63, 3.8) is 0 Å². The molecule has 1 N–H and O–H groups in total. The van der Waals surface area contributed by atoms with Gasteiger partial charge >= 0.3 is 0 Å². The zero-order chi connectivity index (χ0) is 16.8. The van der Waals surface area contributed by atoms with Crippen molar-refractivity contribution in [1.82, 2.24) is 4.98 Å². The average Bonchev–Trinajstić information content (AvgIpc) is 2.53. The highest BCUT2D eigenvalue weighted by molar-refractivity contribution is 7.99. The second-order valence-electron chi connectivity index (χ2n) is 4.34. The van der Waals surface area contributed by atoms with Gasteiger partial charge in [0.15, 0.2) is 0 Å². The normalized spacial score (nSPS) is 10.6. The SMILES string of the molecule is O=C(CSc1ccc([N+](=O)[O-])cn1)Nc1ccccc1C(F)F. The van der Waals surface area contributed by atoms with Gasteiger partial charge in [0.2, 0.25) is 5.91 Å². The number of nitro groups is 1. The number of pyridine rings is 1. The fourth-order valence-corrected chi connectivity index (χ4v) is 2.34. The minimum atomic E-state index is -2.68. The Bertz CT molecular complexity index is 711. The molecule has 0 aliphatic carbocycles. The molecule has 0 aliphatic rings. The molecule has 0 atom stereocenters. The van der Waals surface area contributed by atoms with E-state index in [4.69, 9.17) is 0 Å². The van der Waals surface area contributed by atoms with E-state index in [1.54, 1.807) is 6.07 Å². The van der Waals surface area contributed by atoms with Crippen molar-refractivity contribution >= 4 is 29.0 Å². The lowest BCUT2D eigenvalue weighted by atomic mass is 10.2. The lowest BCUT2D eigenvalue weighted by Gasteiger charge is -2.10. The van der Waals surface area contributed by atoms with Crippen molar-refractivity contribution < 1.29 is 18.5 Å². The van der Waals surface area contributed by atoms with E-state index < -0.39 is 17.3 Å². The summed E-state index contributed by atoms with van der Waals surface area (Å²) in [7, 11) is 0. The van der Waals surface area contributed by atoms with Crippen molar-refractivity contribution in [2.24, 2.45) is 0 Å². The summed E-state index contributed by atoms with van der Waals surface area (Å²) >= 11 is 1.05. The molecule has 2 aromatic rings. The Balaban J connectivity index is 1.94. The number of carbonyl (C=O) groups is 1. The van der Waals surface area contributed by atoms with Gasteiger partial charge in [-0.3, -0.25) is 14.9 Å². The van der Waals surface area contributed by atoms with Gasteiger partial charge in [-0.2, -0.15) is 0 Å². The van der Waals surface area contributed by atoms with Crippen LogP contribution in [0, 0.1) is 10.1 Å². The van der Waals surface area contributed by atoms with E-state index in [1.807, 2.05) is 0 Å². The van der Waals surface area contributed by atoms with Crippen LogP contribution in [0.3, 0.4) is 0 Å². The maximum absolute atomic E-state index is 12.8. The average molecular weight is 339 g/mol. The number of hydrogen-bond donors (Lipinski definition) is 1. The van der Waals surface area contributed by atoms with E-state index in [0.29, 0.717) is 5.03 Å². The molecule has 0 saturated carbocycles. The number of amides is 1. The lowest BCUT2D eigenvalue weighted by molar-refractivity contribution is -0.385. The van der Waals surface area contributed by atoms with Crippen LogP contribution in [0.1, 0.15) is 12.0 Å². The van der Waals surface area contributed by atoms with Crippen molar-refractivity contribution in [3.8, 4) is 0 Å². The standard InChI is InChI=1S/C14H11F2N3O3S/c15-14(16)10-3-1-2-4-11(10)18-12(20)8-23-13-6-5-9(7-17-13)19(21)22/h1-7,14H,8H2,(H,18,20). The molecular weight excluding hydrogens is 328 g/mol. The lowest BCUT2D eigenvalue weighted by Crippen LogP contribution is -2.15. The number of nitrogens with zero attached hydrogens (tertiary/aromatic N) is 2. The van der Waals surface area contributed by atoms with E-state index in [-0.39, 0.29) is 22.7 Å². The number of para-hydroxylation sites is 1. The van der Waals surface area contributed by atoms with Crippen LogP contribution in [0.4, 0.5) is 20.2 Å². The highest BCUT2D eigenvalue weighted by Gasteiger charge is 2.14. The highest BCUT2D eigenvalue weighted by Crippen LogP contribution is 2.27. The number of thioether (sulfide) groups is 1. The molecule has 2 rings (SSSR count). The third-order valence-corrected chi connectivity index (χ3v) is 3.70. The summed E-state index contributed by atoms with van der Waals surface area (Å²) in [5, 5.41) is 13.3. The van der Waals surface area contributed by atoms with E-state index in [1.165, 1.54) is 30.3 Å². The van der Waals surface area contributed by atoms with E-state index >= 15 is 0 Å². The largest absolute Gasteiger partial charge is 0.325 e. The van der Waals surface area contributed by atoms with Crippen LogP contribution in [0.15, 0.2) is 47.6 Å². The summed E-state index contributed by atoms with van der Waals surface area (Å²) < 4.78 is 25.6. The van der Waals surface area contributed by atoms with Gasteiger partial charge in [-0.25, -0.2) is 13.8 Å². The summed E-state index contributed by atoms with van der Waals surface area (Å²) in [6.07, 6.45) is -1.60. The molecule has 1 amide bonds. The Morgan fingerprint density at radius 1 is 1.30 bits per heavy atom. The number of anilines is 1. The van der Waals surface area contributed by atoms with E-state index in [0.717, 1.165) is 18.0 Å². The monoisotopic (exact) mass is 339 g/mol. The van der Waals surface area contributed by atoms with Gasteiger partial charge in [-0.05, 0) is 12.1 Å². The minimum absolute atomic E-state index is 0.0532. The minimum Gasteiger partial charge on any atom is -0.325 e. The molecule has 6 nitrogen and oxygen atoms in total. The number of hydrogen-bond acceptors (Lipinski definition) is 5. The molecule has 0 aliphatic heterocycles. The van der Waals surface area contributed by atoms with Gasteiger partial charge in [0.05, 0.1) is 15.7 Å². The van der Waals surface area contributed by atoms with Crippen LogP contribution in [-0.4, -0.2) is 21.6 Å². The number of alkyl halides is 2. The third-order valence-electron chi connectivity index (χ3n) is 2.75. The smallest absolute Gasteiger partial charge is 0.287 e. The van der Waals surface area contributed by atoms with Gasteiger partial charge in [0.1, 0.15) is 6.20 Å². The number of rotatable bonds is 6. The molecule has 0 unspecified atom stereocenters. The van der Waals surface area contributed by atoms with Crippen LogP contribution in [0.5, 0.6) is 0 Å². The molecule has 0 saturated heterocycles. The van der Waals surface area contributed by atoms with Gasteiger partial charge in [0.25, 0.3) is 12.1 Å². The molecule has 0 spiro atoms. The highest BCUT2D eigenvalue weighted by atomic mass is 32.2. The van der Waals surface area contributed by atoms with Crippen LogP contribution < -0.4 is 5.32 Å². The van der Waals surface area contributed by atoms with E-state index in [9.17, 15) is 23.7 Å². The summed E-state index contributed by atoms with van der Waals surface area (Å²) in [5.74, 6) is -0.522. The topological polar surface area (TPSA) is 85.1 Å². The summed E-state index contributed by atoms with van der Waals surface area (Å²) in [4.78, 5) is 25.6. The third kappa shape index (κ3) is 4.71. The molecule has 120 valence electrons. The zero-order valence-corrected chi connectivity index (χ0v) is 12.4. The number of nitrogens with one attached hydrogen (secondary N) is 1. The van der Waals surface area contributed by atoms with Gasteiger partial charge in [0, 0.05) is 17.3 Å². The Morgan fingerprint density at radius 3 is 2.65 bits per heavy atom. The number of aromatic nitrogens is 1. The van der Waals surface area contributed by atoms with Gasteiger partial charge < -0.3 is 5.32 Å². The predicted molar refractivity (Wildman–Crippen MR) is 81.6 cm³/mol. The summed E-state index contributed by atoms with van der Waals surface area (Å²) in [5.41, 5.74) is -0.339. The first kappa shape index (κ1) is 16.8. The first-order chi connectivity index (χ1) is 11.0. The van der Waals surface area contributed by atoms with Crippen molar-refractivity contribution in [1.29, 1.82) is 0 Å². The maximum atomic E-state index is 12.8. The molecule has 1 heterocycles. The summed E-state index contributed by atoms with van der Waals surface area (Å²) in [6.45, 7) is 0. The van der Waals surface area contributed by atoms with Gasteiger partial charge in [-0.1, -0.05) is 30.0 Å². The Kier molecular flexibility index (Phi) is 5.58. The number of halogens is 2. The molecule has 0 bridgehead atoms. The maximum Gasteiger partial charge on any atom is 0.287 e. The quantitative estimate of drug-likeness (QED) is 0.493. The van der Waals surface area contributed by atoms with Crippen molar-refractivity contribution in [2.45, 2.75) is 11.5 Å². The Hall–Kier alpha value is -2.55. The molecule has 0 fully saturated rings. The van der Waals surface area contributed by atoms with Gasteiger partial charge in [-0.15, -0.1) is 0 Å². The molecule has 0 radical (unpaired) electrons. The van der Waals surface area contributed by atoms with Crippen LogP contribution in [-0.2, 0) is 4.79 Å². The van der Waals surface area contributed by atoms with Crippen LogP contribution >= 0.6 is 11.8 Å². The van der Waals surface area contributed by atoms with E-state index in [2.05, 4.69) is 10.3 Å². The second kappa shape index (κ2) is 7.63. The molecule has 1 aromatic heterocycles. The Morgan fingerprint density at radius 2 is 2.04 bits per heavy atom. The molecular formula is C14H11F2N3O3S. The van der Waals surface area contributed by atoms with Crippen LogP contribution in [0.2, 0.25) is 0 Å². The Labute approximate surface area is 134 Å². The van der Waals surface area contributed by atoms with Crippen molar-refractivity contribution in [3.05, 3.63) is 58.3 Å². The zero-order valence-electron chi connectivity index (χ0n) is 11.6. The fourth-order valence-electron chi connectivity index (χ4n) is 1.69. The second-order valence-corrected chi connectivity index (χ2v) is 5.33. The number of benzene rings is 1. The first-order valence-electron chi connectivity index (χ1n) is 6.37. The molecule has 23 heavy (non-hydrogen) atoms. The molecule has 9 heteroatoms. The van der Waals surface area contributed by atoms with Crippen molar-refractivity contribution in [2.75, 3.05) is 11.1 Å².